The lowest BCUT2D eigenvalue weighted by Gasteiger charge is -2.09. The van der Waals surface area contributed by atoms with Crippen LogP contribution in [0.1, 0.15) is 17.5 Å². The molecule has 0 bridgehead atoms. The molecule has 0 heterocycles. The van der Waals surface area contributed by atoms with Crippen LogP contribution < -0.4 is 15.6 Å². The SMILES string of the molecule is COC(=O)CC(=O)NNC(=O)COc1cc(C)cc(C)c1. The van der Waals surface area contributed by atoms with E-state index in [1.54, 1.807) is 12.1 Å². The van der Waals surface area contributed by atoms with Crippen molar-refractivity contribution in [3.05, 3.63) is 29.3 Å². The molecule has 0 saturated heterocycles. The first-order valence-corrected chi connectivity index (χ1v) is 6.26. The molecule has 0 aromatic heterocycles. The van der Waals surface area contributed by atoms with Crippen LogP contribution in [-0.4, -0.2) is 31.5 Å². The number of hydrogen-bond donors (Lipinski definition) is 2. The smallest absolute Gasteiger partial charge is 0.315 e. The molecule has 2 N–H and O–H groups in total. The number of ether oxygens (including phenoxy) is 2. The minimum Gasteiger partial charge on any atom is -0.484 e. The zero-order valence-corrected chi connectivity index (χ0v) is 12.2. The van der Waals surface area contributed by atoms with Crippen LogP contribution in [0.3, 0.4) is 0 Å². The number of hydrogen-bond acceptors (Lipinski definition) is 5. The van der Waals surface area contributed by atoms with Crippen LogP contribution in [0.25, 0.3) is 0 Å². The Morgan fingerprint density at radius 3 is 2.14 bits per heavy atom. The quantitative estimate of drug-likeness (QED) is 0.465. The first kappa shape index (κ1) is 16.5. The number of esters is 1. The molecule has 114 valence electrons. The Morgan fingerprint density at radius 1 is 1.00 bits per heavy atom. The average molecular weight is 294 g/mol. The molecular formula is C14H18N2O5. The van der Waals surface area contributed by atoms with Crippen molar-refractivity contribution in [1.29, 1.82) is 0 Å². The number of hydrazine groups is 1. The van der Waals surface area contributed by atoms with E-state index in [0.717, 1.165) is 11.1 Å². The molecule has 21 heavy (non-hydrogen) atoms. The van der Waals surface area contributed by atoms with Crippen LogP contribution in [0.5, 0.6) is 5.75 Å². The molecule has 0 aliphatic rings. The second-order valence-corrected chi connectivity index (χ2v) is 4.46. The van der Waals surface area contributed by atoms with Crippen molar-refractivity contribution < 1.29 is 23.9 Å². The maximum Gasteiger partial charge on any atom is 0.315 e. The van der Waals surface area contributed by atoms with E-state index in [9.17, 15) is 14.4 Å². The van der Waals surface area contributed by atoms with Crippen molar-refractivity contribution in [2.24, 2.45) is 0 Å². The second-order valence-electron chi connectivity index (χ2n) is 4.46. The third-order valence-corrected chi connectivity index (χ3v) is 2.44. The zero-order chi connectivity index (χ0) is 15.8. The molecule has 0 fully saturated rings. The zero-order valence-electron chi connectivity index (χ0n) is 12.2. The van der Waals surface area contributed by atoms with Gasteiger partial charge in [-0.2, -0.15) is 0 Å². The van der Waals surface area contributed by atoms with Gasteiger partial charge in [-0.1, -0.05) is 6.07 Å². The van der Waals surface area contributed by atoms with Crippen molar-refractivity contribution in [2.45, 2.75) is 20.3 Å². The second kappa shape index (κ2) is 7.88. The van der Waals surface area contributed by atoms with Crippen LogP contribution in [0.4, 0.5) is 0 Å². The Bertz CT molecular complexity index is 522. The van der Waals surface area contributed by atoms with Crippen molar-refractivity contribution in [1.82, 2.24) is 10.9 Å². The molecule has 0 radical (unpaired) electrons. The van der Waals surface area contributed by atoms with E-state index < -0.39 is 24.2 Å². The van der Waals surface area contributed by atoms with Gasteiger partial charge in [0.2, 0.25) is 5.91 Å². The lowest BCUT2D eigenvalue weighted by molar-refractivity contribution is -0.144. The predicted molar refractivity (Wildman–Crippen MR) is 74.3 cm³/mol. The fourth-order valence-corrected chi connectivity index (χ4v) is 1.59. The van der Waals surface area contributed by atoms with Gasteiger partial charge in [0.15, 0.2) is 6.61 Å². The standard InChI is InChI=1S/C14H18N2O5/c1-9-4-10(2)6-11(5-9)21-8-13(18)16-15-12(17)7-14(19)20-3/h4-6H,7-8H2,1-3H3,(H,15,17)(H,16,18). The first-order valence-electron chi connectivity index (χ1n) is 6.26. The molecule has 1 aromatic carbocycles. The minimum absolute atomic E-state index is 0.249. The van der Waals surface area contributed by atoms with Crippen LogP contribution in [0.15, 0.2) is 18.2 Å². The summed E-state index contributed by atoms with van der Waals surface area (Å²) in [6.07, 6.45) is -0.464. The van der Waals surface area contributed by atoms with Crippen molar-refractivity contribution in [3.63, 3.8) is 0 Å². The summed E-state index contributed by atoms with van der Waals surface area (Å²) in [6, 6.07) is 5.59. The minimum atomic E-state index is -0.687. The highest BCUT2D eigenvalue weighted by molar-refractivity contribution is 5.95. The molecule has 7 nitrogen and oxygen atoms in total. The predicted octanol–water partition coefficient (Wildman–Crippen LogP) is 0.393. The van der Waals surface area contributed by atoms with Crippen LogP contribution in [-0.2, 0) is 19.1 Å². The van der Waals surface area contributed by atoms with Crippen LogP contribution in [0, 0.1) is 13.8 Å². The van der Waals surface area contributed by atoms with Gasteiger partial charge in [0.05, 0.1) is 7.11 Å². The van der Waals surface area contributed by atoms with Gasteiger partial charge in [0.25, 0.3) is 5.91 Å². The Kier molecular flexibility index (Phi) is 6.19. The summed E-state index contributed by atoms with van der Waals surface area (Å²) in [7, 11) is 1.17. The van der Waals surface area contributed by atoms with Crippen molar-refractivity contribution >= 4 is 17.8 Å². The Morgan fingerprint density at radius 2 is 1.57 bits per heavy atom. The van der Waals surface area contributed by atoms with E-state index in [1.165, 1.54) is 7.11 Å². The summed E-state index contributed by atoms with van der Waals surface area (Å²) in [4.78, 5) is 33.5. The van der Waals surface area contributed by atoms with Crippen LogP contribution >= 0.6 is 0 Å². The van der Waals surface area contributed by atoms with Gasteiger partial charge < -0.3 is 9.47 Å². The number of aryl methyl sites for hydroxylation is 2. The van der Waals surface area contributed by atoms with Gasteiger partial charge in [0, 0.05) is 0 Å². The third-order valence-electron chi connectivity index (χ3n) is 2.44. The molecule has 1 aromatic rings. The van der Waals surface area contributed by atoms with E-state index in [4.69, 9.17) is 4.74 Å². The molecule has 0 spiro atoms. The molecule has 7 heteroatoms. The highest BCUT2D eigenvalue weighted by Crippen LogP contribution is 2.15. The highest BCUT2D eigenvalue weighted by Gasteiger charge is 2.10. The number of benzene rings is 1. The van der Waals surface area contributed by atoms with Gasteiger partial charge >= 0.3 is 5.97 Å². The molecule has 0 saturated carbocycles. The summed E-state index contributed by atoms with van der Waals surface area (Å²) >= 11 is 0. The van der Waals surface area contributed by atoms with E-state index in [0.29, 0.717) is 5.75 Å². The van der Waals surface area contributed by atoms with Gasteiger partial charge in [-0.25, -0.2) is 0 Å². The van der Waals surface area contributed by atoms with E-state index in [1.807, 2.05) is 19.9 Å². The fraction of sp³-hybridized carbons (Fsp3) is 0.357. The number of rotatable bonds is 5. The normalized spacial score (nSPS) is 9.67. The summed E-state index contributed by atoms with van der Waals surface area (Å²) in [5.41, 5.74) is 6.28. The molecule has 0 unspecified atom stereocenters. The number of methoxy groups -OCH3 is 1. The Hall–Kier alpha value is -2.57. The van der Waals surface area contributed by atoms with Crippen molar-refractivity contribution in [2.75, 3.05) is 13.7 Å². The topological polar surface area (TPSA) is 93.7 Å². The summed E-state index contributed by atoms with van der Waals surface area (Å²) in [6.45, 7) is 3.60. The molecule has 2 amide bonds. The lowest BCUT2D eigenvalue weighted by atomic mass is 10.1. The Labute approximate surface area is 122 Å². The number of carbonyl (C=O) groups excluding carboxylic acids is 3. The number of amides is 2. The average Bonchev–Trinajstić information content (AvgIpc) is 2.41. The highest BCUT2D eigenvalue weighted by atomic mass is 16.5. The fourth-order valence-electron chi connectivity index (χ4n) is 1.59. The summed E-state index contributed by atoms with van der Waals surface area (Å²) in [5, 5.41) is 0. The molecule has 0 aliphatic heterocycles. The lowest BCUT2D eigenvalue weighted by Crippen LogP contribution is -2.44. The molecule has 0 atom stereocenters. The molecule has 0 aliphatic carbocycles. The monoisotopic (exact) mass is 294 g/mol. The van der Waals surface area contributed by atoms with Crippen molar-refractivity contribution in [3.8, 4) is 5.75 Å². The van der Waals surface area contributed by atoms with E-state index >= 15 is 0 Å². The first-order chi connectivity index (χ1) is 9.90. The number of nitrogens with one attached hydrogen (secondary N) is 2. The largest absolute Gasteiger partial charge is 0.484 e. The summed E-state index contributed by atoms with van der Waals surface area (Å²) < 4.78 is 9.63. The molecule has 1 rings (SSSR count). The van der Waals surface area contributed by atoms with Crippen LogP contribution in [0.2, 0.25) is 0 Å². The summed E-state index contributed by atoms with van der Waals surface area (Å²) in [5.74, 6) is -1.31. The van der Waals surface area contributed by atoms with Gasteiger partial charge in [-0.15, -0.1) is 0 Å². The number of carbonyl (C=O) groups is 3. The maximum absolute atomic E-state index is 11.5. The third kappa shape index (κ3) is 6.42. The molecular weight excluding hydrogens is 276 g/mol. The maximum atomic E-state index is 11.5. The van der Waals surface area contributed by atoms with Gasteiger partial charge in [-0.3, -0.25) is 25.2 Å². The van der Waals surface area contributed by atoms with Gasteiger partial charge in [-0.05, 0) is 37.1 Å². The Balaban J connectivity index is 2.34. The van der Waals surface area contributed by atoms with E-state index in [-0.39, 0.29) is 6.61 Å². The van der Waals surface area contributed by atoms with Gasteiger partial charge in [0.1, 0.15) is 12.2 Å². The van der Waals surface area contributed by atoms with E-state index in [2.05, 4.69) is 15.6 Å².